The van der Waals surface area contributed by atoms with Gasteiger partial charge in [0.1, 0.15) is 5.58 Å². The quantitative estimate of drug-likeness (QED) is 0.604. The Labute approximate surface area is 180 Å². The molecule has 0 unspecified atom stereocenters. The van der Waals surface area contributed by atoms with E-state index in [0.717, 1.165) is 37.9 Å². The molecule has 0 radical (unpaired) electrons. The molecule has 2 heterocycles. The van der Waals surface area contributed by atoms with Crippen LogP contribution in [0.1, 0.15) is 35.4 Å². The first-order chi connectivity index (χ1) is 14.3. The van der Waals surface area contributed by atoms with Gasteiger partial charge in [0.15, 0.2) is 15.6 Å². The van der Waals surface area contributed by atoms with Crippen molar-refractivity contribution in [1.29, 1.82) is 0 Å². The summed E-state index contributed by atoms with van der Waals surface area (Å²) < 4.78 is 29.5. The highest BCUT2D eigenvalue weighted by Gasteiger charge is 2.24. The summed E-state index contributed by atoms with van der Waals surface area (Å²) in [5, 5.41) is 3.97. The van der Waals surface area contributed by atoms with E-state index >= 15 is 0 Å². The topological polar surface area (TPSA) is 79.6 Å². The van der Waals surface area contributed by atoms with Crippen LogP contribution >= 0.6 is 11.6 Å². The van der Waals surface area contributed by atoms with Crippen molar-refractivity contribution in [3.05, 3.63) is 58.8 Å². The smallest absolute Gasteiger partial charge is 0.291 e. The van der Waals surface area contributed by atoms with Gasteiger partial charge in [0.25, 0.3) is 5.91 Å². The lowest BCUT2D eigenvalue weighted by Crippen LogP contribution is -2.29. The molecule has 1 aliphatic rings. The van der Waals surface area contributed by atoms with Gasteiger partial charge in [0, 0.05) is 36.0 Å². The van der Waals surface area contributed by atoms with Gasteiger partial charge >= 0.3 is 0 Å². The van der Waals surface area contributed by atoms with Crippen molar-refractivity contribution in [3.63, 3.8) is 0 Å². The molecule has 0 saturated carbocycles. The van der Waals surface area contributed by atoms with E-state index in [1.54, 1.807) is 36.4 Å². The molecular formula is C22H23ClN2O4S. The number of benzene rings is 2. The van der Waals surface area contributed by atoms with Crippen LogP contribution in [-0.2, 0) is 15.6 Å². The number of sulfone groups is 1. The van der Waals surface area contributed by atoms with Gasteiger partial charge in [-0.1, -0.05) is 29.8 Å². The fourth-order valence-corrected chi connectivity index (χ4v) is 4.96. The molecule has 4 rings (SSSR count). The molecule has 1 aromatic heterocycles. The van der Waals surface area contributed by atoms with Crippen molar-refractivity contribution in [3.8, 4) is 0 Å². The Morgan fingerprint density at radius 1 is 1.13 bits per heavy atom. The Balaban J connectivity index is 1.62. The molecule has 1 fully saturated rings. The first kappa shape index (κ1) is 20.8. The number of piperidine rings is 1. The fraction of sp³-hybridized carbons (Fsp3) is 0.318. The minimum Gasteiger partial charge on any atom is -0.451 e. The summed E-state index contributed by atoms with van der Waals surface area (Å²) in [7, 11) is -3.36. The first-order valence-corrected chi connectivity index (χ1v) is 12.3. The third-order valence-electron chi connectivity index (χ3n) is 5.21. The van der Waals surface area contributed by atoms with E-state index in [2.05, 4.69) is 10.2 Å². The summed E-state index contributed by atoms with van der Waals surface area (Å²) in [6.07, 6.45) is 4.65. The summed E-state index contributed by atoms with van der Waals surface area (Å²) >= 11 is 6.48. The molecule has 1 aliphatic heterocycles. The van der Waals surface area contributed by atoms with Crippen molar-refractivity contribution in [2.45, 2.75) is 25.0 Å². The number of carbonyl (C=O) groups is 1. The zero-order valence-corrected chi connectivity index (χ0v) is 18.2. The molecule has 0 bridgehead atoms. The van der Waals surface area contributed by atoms with Gasteiger partial charge in [0.05, 0.1) is 16.5 Å². The van der Waals surface area contributed by atoms with Gasteiger partial charge < -0.3 is 14.6 Å². The summed E-state index contributed by atoms with van der Waals surface area (Å²) in [6.45, 7) is 1.94. The second-order valence-corrected chi connectivity index (χ2v) is 10.2. The Morgan fingerprint density at radius 2 is 1.87 bits per heavy atom. The number of halogens is 1. The number of hydrogen-bond donors (Lipinski definition) is 1. The third kappa shape index (κ3) is 4.47. The number of nitrogens with zero attached hydrogens (tertiary/aromatic N) is 1. The predicted octanol–water partition coefficient (Wildman–Crippen LogP) is 4.87. The zero-order valence-electron chi connectivity index (χ0n) is 16.7. The number of furan rings is 1. The molecule has 0 aliphatic carbocycles. The third-order valence-corrected chi connectivity index (χ3v) is 6.33. The zero-order chi connectivity index (χ0) is 21.3. The molecule has 2 aromatic carbocycles. The summed E-state index contributed by atoms with van der Waals surface area (Å²) in [6, 6.07) is 12.4. The molecule has 8 heteroatoms. The van der Waals surface area contributed by atoms with Crippen LogP contribution in [0.25, 0.3) is 11.0 Å². The number of anilines is 2. The Kier molecular flexibility index (Phi) is 5.75. The van der Waals surface area contributed by atoms with E-state index in [4.69, 9.17) is 16.0 Å². The molecule has 1 N–H and O–H groups in total. The van der Waals surface area contributed by atoms with Crippen LogP contribution < -0.4 is 10.2 Å². The molecule has 0 atom stereocenters. The number of carbonyl (C=O) groups excluding carboxylic acids is 1. The van der Waals surface area contributed by atoms with Crippen LogP contribution in [0.2, 0.25) is 5.02 Å². The summed E-state index contributed by atoms with van der Waals surface area (Å²) in [4.78, 5) is 15.2. The number of hydrogen-bond acceptors (Lipinski definition) is 5. The van der Waals surface area contributed by atoms with Gasteiger partial charge in [-0.15, -0.1) is 0 Å². The molecule has 158 valence electrons. The Hall–Kier alpha value is -2.51. The van der Waals surface area contributed by atoms with Crippen LogP contribution in [-0.4, -0.2) is 33.7 Å². The minimum absolute atomic E-state index is 0.00199. The highest BCUT2D eigenvalue weighted by molar-refractivity contribution is 7.89. The maximum absolute atomic E-state index is 12.9. The van der Waals surface area contributed by atoms with E-state index in [0.29, 0.717) is 27.2 Å². The van der Waals surface area contributed by atoms with Gasteiger partial charge in [-0.3, -0.25) is 4.79 Å². The van der Waals surface area contributed by atoms with Crippen molar-refractivity contribution in [2.75, 3.05) is 29.6 Å². The van der Waals surface area contributed by atoms with E-state index < -0.39 is 15.7 Å². The van der Waals surface area contributed by atoms with Crippen LogP contribution in [0.4, 0.5) is 11.4 Å². The SMILES string of the molecule is CS(=O)(=O)Cc1c(C(=O)Nc2ccc(N3CCCCC3)c(Cl)c2)oc2ccccc12. The monoisotopic (exact) mass is 446 g/mol. The van der Waals surface area contributed by atoms with Crippen molar-refractivity contribution in [2.24, 2.45) is 0 Å². The standard InChI is InChI=1S/C22H23ClN2O4S/c1-30(27,28)14-17-16-7-3-4-8-20(16)29-21(17)22(26)24-15-9-10-19(18(23)13-15)25-11-5-2-6-12-25/h3-4,7-10,13H,2,5-6,11-12,14H2,1H3,(H,24,26). The molecule has 1 amide bonds. The maximum atomic E-state index is 12.9. The molecule has 1 saturated heterocycles. The Bertz CT molecular complexity index is 1200. The average molecular weight is 447 g/mol. The van der Waals surface area contributed by atoms with Crippen molar-refractivity contribution < 1.29 is 17.6 Å². The predicted molar refractivity (Wildman–Crippen MR) is 120 cm³/mol. The van der Waals surface area contributed by atoms with Gasteiger partial charge in [-0.05, 0) is 43.5 Å². The van der Waals surface area contributed by atoms with Gasteiger partial charge in [0.2, 0.25) is 0 Å². The highest BCUT2D eigenvalue weighted by Crippen LogP contribution is 2.32. The number of nitrogens with one attached hydrogen (secondary N) is 1. The first-order valence-electron chi connectivity index (χ1n) is 9.86. The molecule has 3 aromatic rings. The second-order valence-electron chi connectivity index (χ2n) is 7.64. The van der Waals surface area contributed by atoms with Crippen LogP contribution in [0.15, 0.2) is 46.9 Å². The largest absolute Gasteiger partial charge is 0.451 e. The van der Waals surface area contributed by atoms with E-state index in [1.165, 1.54) is 6.42 Å². The maximum Gasteiger partial charge on any atom is 0.291 e. The fourth-order valence-electron chi connectivity index (χ4n) is 3.85. The minimum atomic E-state index is -3.36. The van der Waals surface area contributed by atoms with Crippen LogP contribution in [0.3, 0.4) is 0 Å². The van der Waals surface area contributed by atoms with Crippen LogP contribution in [0, 0.1) is 0 Å². The lowest BCUT2D eigenvalue weighted by atomic mass is 10.1. The molecule has 6 nitrogen and oxygen atoms in total. The van der Waals surface area contributed by atoms with Crippen LogP contribution in [0.5, 0.6) is 0 Å². The van der Waals surface area contributed by atoms with Gasteiger partial charge in [-0.2, -0.15) is 0 Å². The highest BCUT2D eigenvalue weighted by atomic mass is 35.5. The second kappa shape index (κ2) is 8.32. The summed E-state index contributed by atoms with van der Waals surface area (Å²) in [5.74, 6) is -0.786. The van der Waals surface area contributed by atoms with E-state index in [9.17, 15) is 13.2 Å². The number of rotatable bonds is 5. The van der Waals surface area contributed by atoms with Gasteiger partial charge in [-0.25, -0.2) is 8.42 Å². The lowest BCUT2D eigenvalue weighted by Gasteiger charge is -2.29. The molecular weight excluding hydrogens is 424 g/mol. The van der Waals surface area contributed by atoms with E-state index in [-0.39, 0.29) is 11.5 Å². The molecule has 0 spiro atoms. The van der Waals surface area contributed by atoms with Crippen molar-refractivity contribution >= 4 is 49.7 Å². The average Bonchev–Trinajstić information content (AvgIpc) is 3.06. The normalized spacial score (nSPS) is 14.8. The Morgan fingerprint density at radius 3 is 2.57 bits per heavy atom. The number of amides is 1. The lowest BCUT2D eigenvalue weighted by molar-refractivity contribution is 0.0998. The van der Waals surface area contributed by atoms with Crippen molar-refractivity contribution in [1.82, 2.24) is 0 Å². The number of para-hydroxylation sites is 1. The van der Waals surface area contributed by atoms with E-state index in [1.807, 2.05) is 6.07 Å². The summed E-state index contributed by atoms with van der Waals surface area (Å²) in [5.41, 5.74) is 2.31. The number of fused-ring (bicyclic) bond motifs is 1. The molecule has 30 heavy (non-hydrogen) atoms.